The molecule has 6 nitrogen and oxygen atoms in total. The van der Waals surface area contributed by atoms with Crippen LogP contribution in [0.5, 0.6) is 0 Å². The number of aryl methyl sites for hydroxylation is 2. The number of carbonyl (C=O) groups is 1. The first-order valence-electron chi connectivity index (χ1n) is 8.24. The fourth-order valence-corrected chi connectivity index (χ4v) is 3.87. The van der Waals surface area contributed by atoms with Gasteiger partial charge in [-0.3, -0.25) is 19.5 Å². The van der Waals surface area contributed by atoms with Gasteiger partial charge in [-0.1, -0.05) is 17.4 Å². The Hall–Kier alpha value is -3.06. The molecule has 0 saturated heterocycles. The Morgan fingerprint density at radius 3 is 2.92 bits per heavy atom. The van der Waals surface area contributed by atoms with E-state index in [2.05, 4.69) is 15.3 Å². The number of pyridine rings is 2. The average Bonchev–Trinajstić information content (AvgIpc) is 3.02. The van der Waals surface area contributed by atoms with E-state index in [1.54, 1.807) is 18.3 Å². The topological polar surface area (TPSA) is 76.9 Å². The Morgan fingerprint density at radius 1 is 1.27 bits per heavy atom. The number of aromatic nitrogens is 3. The van der Waals surface area contributed by atoms with Crippen molar-refractivity contribution in [2.45, 2.75) is 20.4 Å². The van der Waals surface area contributed by atoms with Crippen molar-refractivity contribution in [2.75, 3.05) is 5.32 Å². The number of hydrogen-bond acceptors (Lipinski definition) is 5. The number of nitrogens with zero attached hydrogens (tertiary/aromatic N) is 3. The molecule has 0 spiro atoms. The highest BCUT2D eigenvalue weighted by Gasteiger charge is 2.17. The van der Waals surface area contributed by atoms with Gasteiger partial charge >= 0.3 is 0 Å². The van der Waals surface area contributed by atoms with E-state index >= 15 is 0 Å². The number of carbonyl (C=O) groups excluding carboxylic acids is 1. The maximum atomic E-state index is 12.7. The first-order valence-corrected chi connectivity index (χ1v) is 9.05. The molecule has 0 radical (unpaired) electrons. The molecule has 0 aliphatic heterocycles. The lowest BCUT2D eigenvalue weighted by Crippen LogP contribution is -2.29. The van der Waals surface area contributed by atoms with Crippen molar-refractivity contribution in [3.8, 4) is 0 Å². The van der Waals surface area contributed by atoms with Crippen molar-refractivity contribution < 1.29 is 4.79 Å². The predicted octanol–water partition coefficient (Wildman–Crippen LogP) is 3.59. The van der Waals surface area contributed by atoms with E-state index in [9.17, 15) is 9.59 Å². The minimum atomic E-state index is -0.460. The first kappa shape index (κ1) is 16.4. The molecule has 0 fully saturated rings. The number of amides is 1. The summed E-state index contributed by atoms with van der Waals surface area (Å²) in [6.45, 7) is 4.30. The summed E-state index contributed by atoms with van der Waals surface area (Å²) in [6.07, 6.45) is 1.64. The van der Waals surface area contributed by atoms with E-state index in [1.165, 1.54) is 15.9 Å². The Kier molecular flexibility index (Phi) is 4.00. The molecule has 3 heterocycles. The van der Waals surface area contributed by atoms with Gasteiger partial charge in [0.1, 0.15) is 11.2 Å². The van der Waals surface area contributed by atoms with Crippen LogP contribution in [0.2, 0.25) is 0 Å². The molecule has 130 valence electrons. The fraction of sp³-hybridized carbons (Fsp3) is 0.158. The van der Waals surface area contributed by atoms with Gasteiger partial charge in [-0.15, -0.1) is 0 Å². The molecule has 4 aromatic rings. The number of fused-ring (bicyclic) bond motifs is 2. The standard InChI is InChI=1S/C19H16N4O2S/c1-3-23-16-12(5-4-8-20-16)10-13(18(23)25)17(24)22-19-21-14-7-6-11(2)9-15(14)26-19/h4-10H,3H2,1-2H3,(H,21,22,24). The van der Waals surface area contributed by atoms with Crippen LogP contribution in [0.1, 0.15) is 22.8 Å². The summed E-state index contributed by atoms with van der Waals surface area (Å²) in [6, 6.07) is 11.1. The van der Waals surface area contributed by atoms with Gasteiger partial charge in [-0.05, 0) is 49.7 Å². The number of thiazole rings is 1. The number of anilines is 1. The van der Waals surface area contributed by atoms with Gasteiger partial charge in [-0.25, -0.2) is 9.97 Å². The molecule has 1 N–H and O–H groups in total. The molecule has 0 saturated carbocycles. The lowest BCUT2D eigenvalue weighted by Gasteiger charge is -2.09. The van der Waals surface area contributed by atoms with Crippen LogP contribution in [0.4, 0.5) is 5.13 Å². The van der Waals surface area contributed by atoms with E-state index in [4.69, 9.17) is 0 Å². The van der Waals surface area contributed by atoms with Crippen LogP contribution in [0.25, 0.3) is 21.3 Å². The highest BCUT2D eigenvalue weighted by Crippen LogP contribution is 2.27. The number of benzene rings is 1. The van der Waals surface area contributed by atoms with Gasteiger partial charge in [0.15, 0.2) is 5.13 Å². The zero-order valence-electron chi connectivity index (χ0n) is 14.3. The summed E-state index contributed by atoms with van der Waals surface area (Å²) >= 11 is 1.39. The molecule has 0 bridgehead atoms. The lowest BCUT2D eigenvalue weighted by atomic mass is 10.2. The zero-order chi connectivity index (χ0) is 18.3. The van der Waals surface area contributed by atoms with E-state index in [0.29, 0.717) is 17.3 Å². The predicted molar refractivity (Wildman–Crippen MR) is 104 cm³/mol. The van der Waals surface area contributed by atoms with Gasteiger partial charge in [-0.2, -0.15) is 0 Å². The van der Waals surface area contributed by atoms with Gasteiger partial charge in [0, 0.05) is 18.1 Å². The quantitative estimate of drug-likeness (QED) is 0.603. The Morgan fingerprint density at radius 2 is 2.12 bits per heavy atom. The summed E-state index contributed by atoms with van der Waals surface area (Å²) in [5.74, 6) is -0.460. The SMILES string of the molecule is CCn1c(=O)c(C(=O)Nc2nc3ccc(C)cc3s2)cc2cccnc21. The molecule has 7 heteroatoms. The maximum absolute atomic E-state index is 12.7. The summed E-state index contributed by atoms with van der Waals surface area (Å²) < 4.78 is 2.50. The maximum Gasteiger partial charge on any atom is 0.265 e. The lowest BCUT2D eigenvalue weighted by molar-refractivity contribution is 0.102. The second-order valence-corrected chi connectivity index (χ2v) is 7.00. The highest BCUT2D eigenvalue weighted by atomic mass is 32.1. The Bertz CT molecular complexity index is 1210. The van der Waals surface area contributed by atoms with Crippen LogP contribution in [0.3, 0.4) is 0 Å². The Balaban J connectivity index is 1.75. The minimum absolute atomic E-state index is 0.0859. The van der Waals surface area contributed by atoms with Crippen molar-refractivity contribution in [1.82, 2.24) is 14.5 Å². The summed E-state index contributed by atoms with van der Waals surface area (Å²) in [4.78, 5) is 34.1. The van der Waals surface area contributed by atoms with Crippen LogP contribution in [0.15, 0.2) is 47.4 Å². The molecule has 0 aliphatic rings. The molecule has 1 amide bonds. The third-order valence-electron chi connectivity index (χ3n) is 4.17. The third kappa shape index (κ3) is 2.76. The average molecular weight is 364 g/mol. The van der Waals surface area contributed by atoms with E-state index in [-0.39, 0.29) is 11.1 Å². The van der Waals surface area contributed by atoms with Crippen molar-refractivity contribution in [2.24, 2.45) is 0 Å². The summed E-state index contributed by atoms with van der Waals surface area (Å²) in [5, 5.41) is 3.98. The Labute approximate surface area is 153 Å². The molecular formula is C19H16N4O2S. The van der Waals surface area contributed by atoms with E-state index < -0.39 is 5.91 Å². The smallest absolute Gasteiger partial charge is 0.265 e. The summed E-state index contributed by atoms with van der Waals surface area (Å²) in [5.41, 5.74) is 2.26. The van der Waals surface area contributed by atoms with Crippen molar-refractivity contribution >= 4 is 43.6 Å². The van der Waals surface area contributed by atoms with E-state index in [0.717, 1.165) is 21.2 Å². The molecule has 0 atom stereocenters. The monoisotopic (exact) mass is 364 g/mol. The van der Waals surface area contributed by atoms with Crippen LogP contribution in [-0.4, -0.2) is 20.4 Å². The normalized spacial score (nSPS) is 11.2. The van der Waals surface area contributed by atoms with E-state index in [1.807, 2.05) is 38.1 Å². The second-order valence-electron chi connectivity index (χ2n) is 5.97. The molecule has 4 rings (SSSR count). The van der Waals surface area contributed by atoms with Crippen LogP contribution >= 0.6 is 11.3 Å². The van der Waals surface area contributed by atoms with Crippen LogP contribution < -0.4 is 10.9 Å². The molecule has 1 aromatic carbocycles. The minimum Gasteiger partial charge on any atom is -0.298 e. The summed E-state index contributed by atoms with van der Waals surface area (Å²) in [7, 11) is 0. The molecule has 0 unspecified atom stereocenters. The first-order chi connectivity index (χ1) is 12.6. The number of nitrogens with one attached hydrogen (secondary N) is 1. The second kappa shape index (κ2) is 6.34. The van der Waals surface area contributed by atoms with Gasteiger partial charge < -0.3 is 0 Å². The largest absolute Gasteiger partial charge is 0.298 e. The van der Waals surface area contributed by atoms with Gasteiger partial charge in [0.25, 0.3) is 11.5 Å². The molecular weight excluding hydrogens is 348 g/mol. The van der Waals surface area contributed by atoms with Crippen molar-refractivity contribution in [3.63, 3.8) is 0 Å². The number of hydrogen-bond donors (Lipinski definition) is 1. The third-order valence-corrected chi connectivity index (χ3v) is 5.11. The van der Waals surface area contributed by atoms with Crippen LogP contribution in [0, 0.1) is 6.92 Å². The zero-order valence-corrected chi connectivity index (χ0v) is 15.1. The fourth-order valence-electron chi connectivity index (χ4n) is 2.91. The van der Waals surface area contributed by atoms with Gasteiger partial charge in [0.2, 0.25) is 0 Å². The molecule has 0 aliphatic carbocycles. The van der Waals surface area contributed by atoms with Crippen molar-refractivity contribution in [1.29, 1.82) is 0 Å². The van der Waals surface area contributed by atoms with Crippen molar-refractivity contribution in [3.05, 3.63) is 64.1 Å². The molecule has 3 aromatic heterocycles. The highest BCUT2D eigenvalue weighted by molar-refractivity contribution is 7.22. The van der Waals surface area contributed by atoms with Crippen LogP contribution in [-0.2, 0) is 6.54 Å². The van der Waals surface area contributed by atoms with Gasteiger partial charge in [0.05, 0.1) is 10.2 Å². The molecule has 26 heavy (non-hydrogen) atoms. The number of rotatable bonds is 3.